The van der Waals surface area contributed by atoms with Crippen LogP contribution >= 0.6 is 0 Å². The maximum atomic E-state index is 8.82. The Balaban J connectivity index is 1.45. The van der Waals surface area contributed by atoms with E-state index in [-0.39, 0.29) is 5.41 Å². The van der Waals surface area contributed by atoms with Gasteiger partial charge in [-0.25, -0.2) is 0 Å². The number of nitrogens with one attached hydrogen (secondary N) is 1. The standard InChI is InChI=1S/C23H27NO3/c1-25-18-6-3-16(4-7-18)15-27-20-8-5-17-14-23(22(24)21(17)13-20)11-9-19(26-2)10-12-23/h3-8,13,19,24H,9-12,14-15H2,1-2H3/t19-,23-. The zero-order valence-electron chi connectivity index (χ0n) is 16.1. The molecule has 2 aromatic carbocycles. The van der Waals surface area contributed by atoms with Crippen LogP contribution in [0.3, 0.4) is 0 Å². The van der Waals surface area contributed by atoms with Gasteiger partial charge in [-0.05, 0) is 67.5 Å². The third kappa shape index (κ3) is 3.46. The molecule has 0 atom stereocenters. The molecule has 0 aromatic heterocycles. The van der Waals surface area contributed by atoms with Gasteiger partial charge < -0.3 is 19.6 Å². The fourth-order valence-corrected chi connectivity index (χ4v) is 4.47. The molecule has 0 saturated heterocycles. The highest BCUT2D eigenvalue weighted by atomic mass is 16.5. The minimum Gasteiger partial charge on any atom is -0.497 e. The Kier molecular flexibility index (Phi) is 4.92. The number of benzene rings is 2. The summed E-state index contributed by atoms with van der Waals surface area (Å²) in [5, 5.41) is 8.82. The van der Waals surface area contributed by atoms with E-state index >= 15 is 0 Å². The third-order valence-electron chi connectivity index (χ3n) is 6.20. The predicted octanol–water partition coefficient (Wildman–Crippen LogP) is 4.77. The lowest BCUT2D eigenvalue weighted by atomic mass is 9.70. The van der Waals surface area contributed by atoms with Crippen molar-refractivity contribution >= 4 is 5.71 Å². The first-order valence-corrected chi connectivity index (χ1v) is 9.64. The molecule has 4 heteroatoms. The minimum absolute atomic E-state index is 0.00592. The molecule has 0 radical (unpaired) electrons. The summed E-state index contributed by atoms with van der Waals surface area (Å²) in [4.78, 5) is 0. The molecule has 0 bridgehead atoms. The molecule has 0 unspecified atom stereocenters. The molecule has 1 saturated carbocycles. The van der Waals surface area contributed by atoms with Gasteiger partial charge >= 0.3 is 0 Å². The molecule has 1 fully saturated rings. The number of fused-ring (bicyclic) bond motifs is 1. The highest BCUT2D eigenvalue weighted by Crippen LogP contribution is 2.48. The molecule has 4 nitrogen and oxygen atoms in total. The van der Waals surface area contributed by atoms with Gasteiger partial charge in [0, 0.05) is 23.8 Å². The molecule has 1 N–H and O–H groups in total. The maximum Gasteiger partial charge on any atom is 0.120 e. The zero-order valence-corrected chi connectivity index (χ0v) is 16.1. The highest BCUT2D eigenvalue weighted by molar-refractivity contribution is 6.07. The lowest BCUT2D eigenvalue weighted by Crippen LogP contribution is -2.35. The van der Waals surface area contributed by atoms with Crippen LogP contribution in [0.1, 0.15) is 42.4 Å². The smallest absolute Gasteiger partial charge is 0.120 e. The van der Waals surface area contributed by atoms with Gasteiger partial charge in [-0.1, -0.05) is 18.2 Å². The van der Waals surface area contributed by atoms with Gasteiger partial charge in [-0.2, -0.15) is 0 Å². The predicted molar refractivity (Wildman–Crippen MR) is 106 cm³/mol. The van der Waals surface area contributed by atoms with Crippen LogP contribution in [0.4, 0.5) is 0 Å². The van der Waals surface area contributed by atoms with Gasteiger partial charge in [0.05, 0.1) is 13.2 Å². The summed E-state index contributed by atoms with van der Waals surface area (Å²) in [6.07, 6.45) is 5.52. The van der Waals surface area contributed by atoms with Crippen molar-refractivity contribution in [1.29, 1.82) is 5.41 Å². The first-order chi connectivity index (χ1) is 13.1. The van der Waals surface area contributed by atoms with Gasteiger partial charge in [0.15, 0.2) is 0 Å². The molecular formula is C23H27NO3. The zero-order chi connectivity index (χ0) is 18.9. The first kappa shape index (κ1) is 18.1. The largest absolute Gasteiger partial charge is 0.497 e. The molecule has 2 aromatic rings. The molecule has 27 heavy (non-hydrogen) atoms. The summed E-state index contributed by atoms with van der Waals surface area (Å²) < 4.78 is 16.7. The topological polar surface area (TPSA) is 51.5 Å². The molecule has 2 aliphatic rings. The van der Waals surface area contributed by atoms with Crippen molar-refractivity contribution in [2.24, 2.45) is 5.41 Å². The molecule has 0 aliphatic heterocycles. The van der Waals surface area contributed by atoms with Gasteiger partial charge in [0.2, 0.25) is 0 Å². The molecule has 4 rings (SSSR count). The number of hydrogen-bond acceptors (Lipinski definition) is 4. The molecule has 0 heterocycles. The number of hydrogen-bond donors (Lipinski definition) is 1. The fourth-order valence-electron chi connectivity index (χ4n) is 4.47. The van der Waals surface area contributed by atoms with Crippen LogP contribution < -0.4 is 9.47 Å². The van der Waals surface area contributed by atoms with E-state index in [9.17, 15) is 0 Å². The molecule has 0 amide bonds. The van der Waals surface area contributed by atoms with Crippen molar-refractivity contribution in [2.75, 3.05) is 14.2 Å². The van der Waals surface area contributed by atoms with Crippen LogP contribution in [-0.4, -0.2) is 26.0 Å². The Morgan fingerprint density at radius 3 is 2.37 bits per heavy atom. The van der Waals surface area contributed by atoms with Crippen molar-refractivity contribution in [3.8, 4) is 11.5 Å². The summed E-state index contributed by atoms with van der Waals surface area (Å²) in [5.41, 5.74) is 4.25. The first-order valence-electron chi connectivity index (χ1n) is 9.64. The van der Waals surface area contributed by atoms with Crippen LogP contribution in [0.5, 0.6) is 11.5 Å². The average molecular weight is 365 g/mol. The number of methoxy groups -OCH3 is 2. The molecule has 142 valence electrons. The van der Waals surface area contributed by atoms with E-state index < -0.39 is 0 Å². The van der Waals surface area contributed by atoms with Crippen LogP contribution in [0.2, 0.25) is 0 Å². The second-order valence-electron chi connectivity index (χ2n) is 7.72. The second-order valence-corrected chi connectivity index (χ2v) is 7.72. The molecule has 1 spiro atoms. The SMILES string of the molecule is COc1ccc(COc2ccc3c(c2)C(=N)[C@]2(CC[C@H](OC)CC2)C3)cc1. The van der Waals surface area contributed by atoms with Gasteiger partial charge in [-0.15, -0.1) is 0 Å². The Morgan fingerprint density at radius 1 is 1.00 bits per heavy atom. The van der Waals surface area contributed by atoms with Crippen LogP contribution in [0.15, 0.2) is 42.5 Å². The summed E-state index contributed by atoms with van der Waals surface area (Å²) in [6, 6.07) is 14.1. The molecular weight excluding hydrogens is 338 g/mol. The lowest BCUT2D eigenvalue weighted by molar-refractivity contribution is 0.0467. The van der Waals surface area contributed by atoms with Crippen LogP contribution in [0, 0.1) is 10.8 Å². The summed E-state index contributed by atoms with van der Waals surface area (Å²) >= 11 is 0. The van der Waals surface area contributed by atoms with Gasteiger partial charge in [0.25, 0.3) is 0 Å². The van der Waals surface area contributed by atoms with E-state index in [0.717, 1.165) is 60.4 Å². The minimum atomic E-state index is 0.00592. The van der Waals surface area contributed by atoms with Crippen molar-refractivity contribution in [3.63, 3.8) is 0 Å². The Bertz CT molecular complexity index is 820. The Labute approximate surface area is 161 Å². The molecule has 2 aliphatic carbocycles. The Morgan fingerprint density at radius 2 is 1.70 bits per heavy atom. The second kappa shape index (κ2) is 7.35. The maximum absolute atomic E-state index is 8.82. The summed E-state index contributed by atoms with van der Waals surface area (Å²) in [7, 11) is 3.46. The van der Waals surface area contributed by atoms with E-state index in [1.807, 2.05) is 30.3 Å². The van der Waals surface area contributed by atoms with Gasteiger partial charge in [0.1, 0.15) is 18.1 Å². The number of rotatable bonds is 5. The fraction of sp³-hybridized carbons (Fsp3) is 0.435. The monoisotopic (exact) mass is 365 g/mol. The van der Waals surface area contributed by atoms with E-state index in [4.69, 9.17) is 19.6 Å². The summed E-state index contributed by atoms with van der Waals surface area (Å²) in [5.74, 6) is 1.68. The lowest BCUT2D eigenvalue weighted by Gasteiger charge is -2.36. The van der Waals surface area contributed by atoms with Crippen LogP contribution in [-0.2, 0) is 17.8 Å². The van der Waals surface area contributed by atoms with Crippen molar-refractivity contribution in [1.82, 2.24) is 0 Å². The van der Waals surface area contributed by atoms with Crippen molar-refractivity contribution in [2.45, 2.75) is 44.8 Å². The van der Waals surface area contributed by atoms with Crippen molar-refractivity contribution < 1.29 is 14.2 Å². The van der Waals surface area contributed by atoms with E-state index in [2.05, 4.69) is 12.1 Å². The number of ether oxygens (including phenoxy) is 3. The van der Waals surface area contributed by atoms with Crippen molar-refractivity contribution in [3.05, 3.63) is 59.2 Å². The summed E-state index contributed by atoms with van der Waals surface area (Å²) in [6.45, 7) is 0.511. The van der Waals surface area contributed by atoms with E-state index in [0.29, 0.717) is 12.7 Å². The average Bonchev–Trinajstić information content (AvgIpc) is 2.98. The Hall–Kier alpha value is -2.33. The van der Waals surface area contributed by atoms with Crippen LogP contribution in [0.25, 0.3) is 0 Å². The van der Waals surface area contributed by atoms with E-state index in [1.54, 1.807) is 14.2 Å². The van der Waals surface area contributed by atoms with Gasteiger partial charge in [-0.3, -0.25) is 0 Å². The third-order valence-corrected chi connectivity index (χ3v) is 6.20. The van der Waals surface area contributed by atoms with E-state index in [1.165, 1.54) is 5.56 Å². The highest BCUT2D eigenvalue weighted by Gasteiger charge is 2.44. The normalized spacial score (nSPS) is 24.1. The quantitative estimate of drug-likeness (QED) is 0.830.